The van der Waals surface area contributed by atoms with Crippen molar-refractivity contribution in [3.05, 3.63) is 53.3 Å². The first-order valence-electron chi connectivity index (χ1n) is 6.48. The molecule has 7 nitrogen and oxygen atoms in total. The maximum absolute atomic E-state index is 11.8. The van der Waals surface area contributed by atoms with Crippen LogP contribution in [-0.2, 0) is 9.59 Å². The average molecular weight is 333 g/mol. The minimum absolute atomic E-state index is 0.288. The van der Waals surface area contributed by atoms with E-state index >= 15 is 0 Å². The lowest BCUT2D eigenvalue weighted by atomic mass is 10.3. The molecule has 1 aromatic carbocycles. The topological polar surface area (TPSA) is 92.7 Å². The number of aromatic nitrogens is 1. The molecular formula is C15H13ClN4O3. The van der Waals surface area contributed by atoms with E-state index < -0.39 is 11.8 Å². The largest absolute Gasteiger partial charge is 0.495 e. The number of anilines is 1. The number of carbonyl (C=O) groups is 2. The molecule has 0 atom stereocenters. The Morgan fingerprint density at radius 1 is 1.30 bits per heavy atom. The van der Waals surface area contributed by atoms with E-state index in [0.29, 0.717) is 16.3 Å². The maximum atomic E-state index is 11.8. The molecule has 0 radical (unpaired) electrons. The van der Waals surface area contributed by atoms with Crippen LogP contribution in [0.15, 0.2) is 47.8 Å². The van der Waals surface area contributed by atoms with E-state index in [1.807, 2.05) is 0 Å². The monoisotopic (exact) mass is 332 g/mol. The van der Waals surface area contributed by atoms with Gasteiger partial charge in [-0.2, -0.15) is 5.10 Å². The van der Waals surface area contributed by atoms with Gasteiger partial charge in [-0.1, -0.05) is 17.7 Å². The number of hydrogen-bond donors (Lipinski definition) is 2. The molecule has 0 saturated carbocycles. The Bertz CT molecular complexity index is 735. The van der Waals surface area contributed by atoms with Gasteiger partial charge in [0.15, 0.2) is 0 Å². The smallest absolute Gasteiger partial charge is 0.329 e. The van der Waals surface area contributed by atoms with Crippen molar-refractivity contribution in [1.29, 1.82) is 0 Å². The van der Waals surface area contributed by atoms with Crippen molar-refractivity contribution in [2.45, 2.75) is 0 Å². The van der Waals surface area contributed by atoms with Crippen LogP contribution in [0.1, 0.15) is 5.56 Å². The third-order valence-electron chi connectivity index (χ3n) is 2.68. The molecule has 1 heterocycles. The van der Waals surface area contributed by atoms with Crippen LogP contribution in [0.25, 0.3) is 0 Å². The number of hydrazone groups is 1. The number of halogens is 1. The average Bonchev–Trinajstić information content (AvgIpc) is 2.56. The van der Waals surface area contributed by atoms with E-state index in [9.17, 15) is 9.59 Å². The van der Waals surface area contributed by atoms with Crippen molar-refractivity contribution in [2.24, 2.45) is 5.10 Å². The van der Waals surface area contributed by atoms with Gasteiger partial charge in [-0.15, -0.1) is 0 Å². The van der Waals surface area contributed by atoms with E-state index in [-0.39, 0.29) is 5.69 Å². The fraction of sp³-hybridized carbons (Fsp3) is 0.0667. The second-order valence-corrected chi connectivity index (χ2v) is 4.72. The van der Waals surface area contributed by atoms with Crippen LogP contribution in [0.3, 0.4) is 0 Å². The van der Waals surface area contributed by atoms with Crippen LogP contribution in [0, 0.1) is 0 Å². The normalized spacial score (nSPS) is 10.3. The van der Waals surface area contributed by atoms with Crippen LogP contribution in [0.4, 0.5) is 5.69 Å². The highest BCUT2D eigenvalue weighted by Gasteiger charge is 2.15. The molecule has 0 spiro atoms. The van der Waals surface area contributed by atoms with Crippen molar-refractivity contribution in [3.8, 4) is 5.75 Å². The van der Waals surface area contributed by atoms with Gasteiger partial charge in [-0.05, 0) is 24.3 Å². The van der Waals surface area contributed by atoms with Crippen molar-refractivity contribution >= 4 is 35.3 Å². The lowest BCUT2D eigenvalue weighted by Gasteiger charge is -2.09. The molecule has 118 valence electrons. The number of amides is 2. The Hall–Kier alpha value is -2.93. The first-order chi connectivity index (χ1) is 11.1. The number of nitrogens with zero attached hydrogens (tertiary/aromatic N) is 2. The molecule has 2 rings (SSSR count). The Balaban J connectivity index is 1.97. The molecule has 0 saturated heterocycles. The molecular weight excluding hydrogens is 320 g/mol. The van der Waals surface area contributed by atoms with Gasteiger partial charge in [0.05, 0.1) is 19.0 Å². The third kappa shape index (κ3) is 4.79. The molecule has 2 aromatic rings. The van der Waals surface area contributed by atoms with Gasteiger partial charge in [-0.3, -0.25) is 14.6 Å². The van der Waals surface area contributed by atoms with Crippen molar-refractivity contribution in [3.63, 3.8) is 0 Å². The SMILES string of the molecule is COc1ccc(Cl)cc1NC(=O)C(=O)N/N=C\c1cccnc1. The second-order valence-electron chi connectivity index (χ2n) is 4.28. The van der Waals surface area contributed by atoms with E-state index in [2.05, 4.69) is 20.8 Å². The van der Waals surface area contributed by atoms with Gasteiger partial charge in [0.25, 0.3) is 0 Å². The summed E-state index contributed by atoms with van der Waals surface area (Å²) in [6.45, 7) is 0. The van der Waals surface area contributed by atoms with E-state index in [0.717, 1.165) is 0 Å². The van der Waals surface area contributed by atoms with Gasteiger partial charge in [0.1, 0.15) is 5.75 Å². The maximum Gasteiger partial charge on any atom is 0.329 e. The number of hydrogen-bond acceptors (Lipinski definition) is 5. The second kappa shape index (κ2) is 7.90. The summed E-state index contributed by atoms with van der Waals surface area (Å²) in [7, 11) is 1.44. The molecule has 23 heavy (non-hydrogen) atoms. The summed E-state index contributed by atoms with van der Waals surface area (Å²) in [5.41, 5.74) is 3.09. The van der Waals surface area contributed by atoms with Gasteiger partial charge < -0.3 is 10.1 Å². The number of rotatable bonds is 4. The van der Waals surface area contributed by atoms with Gasteiger partial charge >= 0.3 is 11.8 Å². The van der Waals surface area contributed by atoms with E-state index in [1.165, 1.54) is 19.4 Å². The zero-order valence-electron chi connectivity index (χ0n) is 12.1. The van der Waals surface area contributed by atoms with Gasteiger partial charge in [0, 0.05) is 23.0 Å². The highest BCUT2D eigenvalue weighted by Crippen LogP contribution is 2.27. The van der Waals surface area contributed by atoms with Crippen LogP contribution < -0.4 is 15.5 Å². The van der Waals surface area contributed by atoms with Crippen molar-refractivity contribution in [2.75, 3.05) is 12.4 Å². The molecule has 8 heteroatoms. The molecule has 2 amide bonds. The van der Waals surface area contributed by atoms with Crippen LogP contribution in [0.2, 0.25) is 5.02 Å². The molecule has 0 aliphatic carbocycles. The predicted molar refractivity (Wildman–Crippen MR) is 86.6 cm³/mol. The summed E-state index contributed by atoms with van der Waals surface area (Å²) in [4.78, 5) is 27.4. The Morgan fingerprint density at radius 2 is 2.13 bits per heavy atom. The van der Waals surface area contributed by atoms with E-state index in [1.54, 1.807) is 36.7 Å². The summed E-state index contributed by atoms with van der Waals surface area (Å²) in [5.74, 6) is -1.43. The summed E-state index contributed by atoms with van der Waals surface area (Å²) >= 11 is 5.85. The standard InChI is InChI=1S/C15H13ClN4O3/c1-23-13-5-4-11(16)7-12(13)19-14(21)15(22)20-18-9-10-3-2-6-17-8-10/h2-9H,1H3,(H,19,21)(H,20,22)/b18-9-. The third-order valence-corrected chi connectivity index (χ3v) is 2.92. The number of ether oxygens (including phenoxy) is 1. The Morgan fingerprint density at radius 3 is 2.83 bits per heavy atom. The molecule has 2 N–H and O–H groups in total. The quantitative estimate of drug-likeness (QED) is 0.507. The fourth-order valence-corrected chi connectivity index (χ4v) is 1.80. The molecule has 0 aliphatic heterocycles. The first kappa shape index (κ1) is 16.4. The lowest BCUT2D eigenvalue weighted by molar-refractivity contribution is -0.136. The van der Waals surface area contributed by atoms with Crippen LogP contribution in [0.5, 0.6) is 5.75 Å². The molecule has 0 aliphatic rings. The fourth-order valence-electron chi connectivity index (χ4n) is 1.63. The van der Waals surface area contributed by atoms with Crippen LogP contribution in [-0.4, -0.2) is 30.1 Å². The minimum Gasteiger partial charge on any atom is -0.495 e. The highest BCUT2D eigenvalue weighted by atomic mass is 35.5. The zero-order chi connectivity index (χ0) is 16.7. The van der Waals surface area contributed by atoms with Crippen molar-refractivity contribution < 1.29 is 14.3 Å². The molecule has 0 unspecified atom stereocenters. The Kier molecular flexibility index (Phi) is 5.65. The van der Waals surface area contributed by atoms with Crippen molar-refractivity contribution in [1.82, 2.24) is 10.4 Å². The lowest BCUT2D eigenvalue weighted by Crippen LogP contribution is -2.32. The van der Waals surface area contributed by atoms with Gasteiger partial charge in [-0.25, -0.2) is 5.43 Å². The summed E-state index contributed by atoms with van der Waals surface area (Å²) in [5, 5.41) is 6.48. The summed E-state index contributed by atoms with van der Waals surface area (Å²) in [6.07, 6.45) is 4.55. The molecule has 1 aromatic heterocycles. The zero-order valence-corrected chi connectivity index (χ0v) is 12.9. The summed E-state index contributed by atoms with van der Waals surface area (Å²) < 4.78 is 5.08. The van der Waals surface area contributed by atoms with Gasteiger partial charge in [0.2, 0.25) is 0 Å². The number of carbonyl (C=O) groups excluding carboxylic acids is 2. The molecule has 0 fully saturated rings. The summed E-state index contributed by atoms with van der Waals surface area (Å²) in [6, 6.07) is 8.13. The van der Waals surface area contributed by atoms with Crippen LogP contribution >= 0.6 is 11.6 Å². The number of pyridine rings is 1. The van der Waals surface area contributed by atoms with E-state index in [4.69, 9.17) is 16.3 Å². The number of benzene rings is 1. The molecule has 0 bridgehead atoms. The predicted octanol–water partition coefficient (Wildman–Crippen LogP) is 1.83. The first-order valence-corrected chi connectivity index (χ1v) is 6.86. The number of methoxy groups -OCH3 is 1. The minimum atomic E-state index is -0.924. The highest BCUT2D eigenvalue weighted by molar-refractivity contribution is 6.40. The Labute approximate surface area is 137 Å². The number of nitrogens with one attached hydrogen (secondary N) is 2.